The molecule has 0 aliphatic rings. The Hall–Kier alpha value is -3.07. The minimum atomic E-state index is -1.05. The third kappa shape index (κ3) is 3.09. The van der Waals surface area contributed by atoms with E-state index in [4.69, 9.17) is 11.0 Å². The summed E-state index contributed by atoms with van der Waals surface area (Å²) in [6.07, 6.45) is 1.55. The van der Waals surface area contributed by atoms with Gasteiger partial charge in [-0.25, -0.2) is 9.78 Å². The smallest absolute Gasteiger partial charge is 0.337 e. The molecule has 1 aromatic carbocycles. The predicted octanol–water partition coefficient (Wildman–Crippen LogP) is 1.87. The highest BCUT2D eigenvalue weighted by Gasteiger charge is 2.15. The van der Waals surface area contributed by atoms with E-state index < -0.39 is 5.97 Å². The van der Waals surface area contributed by atoms with E-state index in [0.717, 1.165) is 5.56 Å². The van der Waals surface area contributed by atoms with E-state index in [1.807, 2.05) is 6.07 Å². The quantitative estimate of drug-likeness (QED) is 0.830. The maximum absolute atomic E-state index is 11.3. The van der Waals surface area contributed by atoms with Gasteiger partial charge in [-0.3, -0.25) is 0 Å². The van der Waals surface area contributed by atoms with Crippen molar-refractivity contribution in [3.05, 3.63) is 53.3 Å². The van der Waals surface area contributed by atoms with Crippen LogP contribution in [0.25, 0.3) is 0 Å². The van der Waals surface area contributed by atoms with E-state index >= 15 is 0 Å². The summed E-state index contributed by atoms with van der Waals surface area (Å²) < 4.78 is 0. The molecule has 0 aliphatic carbocycles. The predicted molar refractivity (Wildman–Crippen MR) is 78.9 cm³/mol. The summed E-state index contributed by atoms with van der Waals surface area (Å²) in [6.45, 7) is 0.376. The summed E-state index contributed by atoms with van der Waals surface area (Å²) in [5.41, 5.74) is 7.74. The van der Waals surface area contributed by atoms with Crippen molar-refractivity contribution in [2.75, 3.05) is 17.7 Å². The number of anilines is 2. The molecule has 6 nitrogen and oxygen atoms in total. The fourth-order valence-corrected chi connectivity index (χ4v) is 2.07. The second-order valence-corrected chi connectivity index (χ2v) is 4.56. The zero-order valence-corrected chi connectivity index (χ0v) is 11.4. The molecule has 0 radical (unpaired) electrons. The summed E-state index contributed by atoms with van der Waals surface area (Å²) in [4.78, 5) is 17.0. The topological polar surface area (TPSA) is 103 Å². The van der Waals surface area contributed by atoms with Crippen molar-refractivity contribution in [1.29, 1.82) is 5.26 Å². The van der Waals surface area contributed by atoms with Crippen LogP contribution in [0.2, 0.25) is 0 Å². The highest BCUT2D eigenvalue weighted by Crippen LogP contribution is 2.24. The second-order valence-electron chi connectivity index (χ2n) is 4.56. The van der Waals surface area contributed by atoms with Crippen LogP contribution in [0.1, 0.15) is 21.6 Å². The zero-order valence-electron chi connectivity index (χ0n) is 11.4. The van der Waals surface area contributed by atoms with Gasteiger partial charge in [-0.1, -0.05) is 6.07 Å². The number of aromatic carboxylic acids is 1. The number of rotatable bonds is 4. The number of aromatic nitrogens is 1. The molecule has 6 heteroatoms. The third-order valence-corrected chi connectivity index (χ3v) is 3.07. The number of nitrogens with two attached hydrogens (primary N) is 1. The molecule has 0 fully saturated rings. The van der Waals surface area contributed by atoms with Gasteiger partial charge in [0, 0.05) is 31.0 Å². The lowest BCUT2D eigenvalue weighted by atomic mass is 10.1. The average Bonchev–Trinajstić information content (AvgIpc) is 2.47. The Morgan fingerprint density at radius 2 is 2.24 bits per heavy atom. The number of pyridine rings is 1. The molecular weight excluding hydrogens is 268 g/mol. The molecule has 0 bridgehead atoms. The van der Waals surface area contributed by atoms with Crippen LogP contribution in [0, 0.1) is 11.3 Å². The molecule has 2 rings (SSSR count). The molecule has 0 amide bonds. The summed E-state index contributed by atoms with van der Waals surface area (Å²) in [6, 6.07) is 10.3. The van der Waals surface area contributed by atoms with Gasteiger partial charge in [-0.2, -0.15) is 5.26 Å². The van der Waals surface area contributed by atoms with Crippen LogP contribution in [-0.4, -0.2) is 23.1 Å². The number of benzene rings is 1. The van der Waals surface area contributed by atoms with Crippen molar-refractivity contribution in [3.8, 4) is 6.07 Å². The number of hydrogen-bond donors (Lipinski definition) is 2. The average molecular weight is 282 g/mol. The standard InChI is InChI=1S/C15H14N4O2/c1-19(9-10-3-2-6-18-13(10)8-16)14-5-4-11(17)7-12(14)15(20)21/h2-7H,9,17H2,1H3,(H,20,21). The first-order chi connectivity index (χ1) is 10.0. The molecule has 0 atom stereocenters. The van der Waals surface area contributed by atoms with E-state index in [-0.39, 0.29) is 5.56 Å². The van der Waals surface area contributed by atoms with Gasteiger partial charge in [0.25, 0.3) is 0 Å². The van der Waals surface area contributed by atoms with Crippen molar-refractivity contribution >= 4 is 17.3 Å². The van der Waals surface area contributed by atoms with E-state index in [1.165, 1.54) is 6.07 Å². The van der Waals surface area contributed by atoms with Crippen molar-refractivity contribution in [3.63, 3.8) is 0 Å². The Morgan fingerprint density at radius 3 is 2.90 bits per heavy atom. The lowest BCUT2D eigenvalue weighted by Gasteiger charge is -2.21. The van der Waals surface area contributed by atoms with E-state index in [2.05, 4.69) is 4.98 Å². The molecule has 0 saturated carbocycles. The number of carbonyl (C=O) groups is 1. The molecule has 3 N–H and O–H groups in total. The van der Waals surface area contributed by atoms with Gasteiger partial charge >= 0.3 is 5.97 Å². The molecule has 1 heterocycles. The van der Waals surface area contributed by atoms with Crippen LogP contribution in [0.3, 0.4) is 0 Å². The lowest BCUT2D eigenvalue weighted by Crippen LogP contribution is -2.20. The number of carboxylic acid groups (broad SMARTS) is 1. The Labute approximate surface area is 122 Å². The summed E-state index contributed by atoms with van der Waals surface area (Å²) >= 11 is 0. The van der Waals surface area contributed by atoms with Gasteiger partial charge in [0.05, 0.1) is 11.3 Å². The largest absolute Gasteiger partial charge is 0.478 e. The number of nitrogens with zero attached hydrogens (tertiary/aromatic N) is 3. The van der Waals surface area contributed by atoms with Crippen LogP contribution < -0.4 is 10.6 Å². The summed E-state index contributed by atoms with van der Waals surface area (Å²) in [5.74, 6) is -1.05. The van der Waals surface area contributed by atoms with Crippen molar-refractivity contribution in [2.45, 2.75) is 6.54 Å². The molecular formula is C15H14N4O2. The van der Waals surface area contributed by atoms with Crippen molar-refractivity contribution < 1.29 is 9.90 Å². The number of carboxylic acids is 1. The normalized spacial score (nSPS) is 9.90. The van der Waals surface area contributed by atoms with Crippen LogP contribution in [-0.2, 0) is 6.54 Å². The molecule has 2 aromatic rings. The zero-order chi connectivity index (χ0) is 15.4. The van der Waals surface area contributed by atoms with Gasteiger partial charge in [-0.05, 0) is 24.3 Å². The summed E-state index contributed by atoms with van der Waals surface area (Å²) in [7, 11) is 1.76. The van der Waals surface area contributed by atoms with Crippen molar-refractivity contribution in [2.24, 2.45) is 0 Å². The van der Waals surface area contributed by atoms with Gasteiger partial charge in [0.2, 0.25) is 0 Å². The van der Waals surface area contributed by atoms with Crippen molar-refractivity contribution in [1.82, 2.24) is 4.98 Å². The highest BCUT2D eigenvalue weighted by atomic mass is 16.4. The van der Waals surface area contributed by atoms with Crippen LogP contribution >= 0.6 is 0 Å². The Balaban J connectivity index is 2.35. The van der Waals surface area contributed by atoms with Gasteiger partial charge < -0.3 is 15.7 Å². The lowest BCUT2D eigenvalue weighted by molar-refractivity contribution is 0.0697. The van der Waals surface area contributed by atoms with E-state index in [0.29, 0.717) is 23.6 Å². The molecule has 1 aromatic heterocycles. The van der Waals surface area contributed by atoms with Crippen LogP contribution in [0.15, 0.2) is 36.5 Å². The van der Waals surface area contributed by atoms with E-state index in [1.54, 1.807) is 42.4 Å². The molecule has 0 unspecified atom stereocenters. The fourth-order valence-electron chi connectivity index (χ4n) is 2.07. The maximum Gasteiger partial charge on any atom is 0.337 e. The maximum atomic E-state index is 11.3. The summed E-state index contributed by atoms with van der Waals surface area (Å²) in [5, 5.41) is 18.3. The SMILES string of the molecule is CN(Cc1cccnc1C#N)c1ccc(N)cc1C(=O)O. The first-order valence-electron chi connectivity index (χ1n) is 6.21. The first-order valence-corrected chi connectivity index (χ1v) is 6.21. The molecule has 106 valence electrons. The number of nitriles is 1. The van der Waals surface area contributed by atoms with Gasteiger partial charge in [0.1, 0.15) is 11.8 Å². The molecule has 0 aliphatic heterocycles. The van der Waals surface area contributed by atoms with E-state index in [9.17, 15) is 9.90 Å². The minimum Gasteiger partial charge on any atom is -0.478 e. The Morgan fingerprint density at radius 1 is 1.48 bits per heavy atom. The van der Waals surface area contributed by atoms with Gasteiger partial charge in [0.15, 0.2) is 0 Å². The monoisotopic (exact) mass is 282 g/mol. The van der Waals surface area contributed by atoms with Crippen LogP contribution in [0.4, 0.5) is 11.4 Å². The second kappa shape index (κ2) is 5.92. The fraction of sp³-hybridized carbons (Fsp3) is 0.133. The molecule has 21 heavy (non-hydrogen) atoms. The number of hydrogen-bond acceptors (Lipinski definition) is 5. The molecule has 0 spiro atoms. The van der Waals surface area contributed by atoms with Gasteiger partial charge in [-0.15, -0.1) is 0 Å². The Bertz CT molecular complexity index is 722. The third-order valence-electron chi connectivity index (χ3n) is 3.07. The number of nitrogen functional groups attached to an aromatic ring is 1. The minimum absolute atomic E-state index is 0.125. The highest BCUT2D eigenvalue weighted by molar-refractivity contribution is 5.95. The Kier molecular flexibility index (Phi) is 4.05. The first kappa shape index (κ1) is 14.3. The van der Waals surface area contributed by atoms with Crippen LogP contribution in [0.5, 0.6) is 0 Å². The molecule has 0 saturated heterocycles.